The van der Waals surface area contributed by atoms with E-state index in [1.807, 2.05) is 0 Å². The van der Waals surface area contributed by atoms with Gasteiger partial charge in [-0.3, -0.25) is 4.79 Å². The van der Waals surface area contributed by atoms with Gasteiger partial charge in [-0.15, -0.1) is 0 Å². The lowest BCUT2D eigenvalue weighted by Crippen LogP contribution is -2.34. The number of furan rings is 1. The highest BCUT2D eigenvalue weighted by Crippen LogP contribution is 2.22. The molecule has 0 aliphatic carbocycles. The molecule has 1 aromatic heterocycles. The van der Waals surface area contributed by atoms with E-state index in [0.29, 0.717) is 12.3 Å². The zero-order valence-electron chi connectivity index (χ0n) is 16.0. The lowest BCUT2D eigenvalue weighted by atomic mass is 10.1. The Morgan fingerprint density at radius 2 is 1.82 bits per heavy atom. The van der Waals surface area contributed by atoms with Gasteiger partial charge in [-0.05, 0) is 42.8 Å². The molecule has 0 aliphatic rings. The van der Waals surface area contributed by atoms with Gasteiger partial charge in [0.05, 0.1) is 23.6 Å². The lowest BCUT2D eigenvalue weighted by Gasteiger charge is -2.17. The lowest BCUT2D eigenvalue weighted by molar-refractivity contribution is -0.121. The number of unbranched alkanes of at least 4 members (excludes halogenated alkanes) is 4. The van der Waals surface area contributed by atoms with Gasteiger partial charge in [-0.1, -0.05) is 48.5 Å². The van der Waals surface area contributed by atoms with Crippen molar-refractivity contribution < 1.29 is 17.6 Å². The Morgan fingerprint density at radius 3 is 2.46 bits per heavy atom. The van der Waals surface area contributed by atoms with Crippen LogP contribution in [0.2, 0.25) is 0 Å². The second-order valence-electron chi connectivity index (χ2n) is 6.61. The zero-order chi connectivity index (χ0) is 20.4. The van der Waals surface area contributed by atoms with Crippen molar-refractivity contribution in [2.24, 2.45) is 0 Å². The van der Waals surface area contributed by atoms with E-state index in [1.165, 1.54) is 31.2 Å². The van der Waals surface area contributed by atoms with Crippen LogP contribution in [0, 0.1) is 0 Å². The fourth-order valence-electron chi connectivity index (χ4n) is 2.77. The highest BCUT2D eigenvalue weighted by molar-refractivity contribution is 9.10. The van der Waals surface area contributed by atoms with Crippen LogP contribution in [0.5, 0.6) is 0 Å². The van der Waals surface area contributed by atoms with Crippen LogP contribution in [0.4, 0.5) is 0 Å². The smallest absolute Gasteiger partial charge is 0.241 e. The van der Waals surface area contributed by atoms with Crippen molar-refractivity contribution in [3.05, 3.63) is 52.9 Å². The van der Waals surface area contributed by atoms with Crippen LogP contribution < -0.4 is 10.0 Å². The van der Waals surface area contributed by atoms with Gasteiger partial charge in [0.1, 0.15) is 5.76 Å². The number of amides is 1. The van der Waals surface area contributed by atoms with Gasteiger partial charge in [0.15, 0.2) is 0 Å². The Labute approximate surface area is 175 Å². The molecule has 1 aromatic carbocycles. The van der Waals surface area contributed by atoms with Gasteiger partial charge in [-0.2, -0.15) is 4.72 Å². The topological polar surface area (TPSA) is 88.4 Å². The van der Waals surface area contributed by atoms with Gasteiger partial charge in [-0.25, -0.2) is 8.42 Å². The fourth-order valence-corrected chi connectivity index (χ4v) is 4.24. The molecule has 6 nitrogen and oxygen atoms in total. The minimum Gasteiger partial charge on any atom is -0.468 e. The summed E-state index contributed by atoms with van der Waals surface area (Å²) in [5, 5.41) is 2.86. The number of sulfonamides is 1. The first-order valence-electron chi connectivity index (χ1n) is 9.50. The number of carbonyl (C=O) groups is 1. The summed E-state index contributed by atoms with van der Waals surface area (Å²) in [5.41, 5.74) is 0. The summed E-state index contributed by atoms with van der Waals surface area (Å²) in [6.07, 6.45) is 6.96. The summed E-state index contributed by atoms with van der Waals surface area (Å²) < 4.78 is 34.1. The molecular weight excluding hydrogens is 444 g/mol. The molecule has 2 aromatic rings. The van der Waals surface area contributed by atoms with Gasteiger partial charge in [0.2, 0.25) is 15.9 Å². The number of hydrogen-bond acceptors (Lipinski definition) is 4. The van der Waals surface area contributed by atoms with Crippen LogP contribution in [0.25, 0.3) is 0 Å². The number of nitrogens with one attached hydrogen (secondary N) is 2. The first-order valence-corrected chi connectivity index (χ1v) is 11.8. The highest BCUT2D eigenvalue weighted by atomic mass is 79.9. The fraction of sp³-hybridized carbons (Fsp3) is 0.450. The maximum absolute atomic E-state index is 12.7. The Bertz CT molecular complexity index is 820. The molecule has 154 valence electrons. The van der Waals surface area contributed by atoms with Crippen molar-refractivity contribution >= 4 is 31.9 Å². The SMILES string of the molecule is CCCCCCCNC(=O)C[C@@H](NS(=O)(=O)c1ccc(Br)cc1)c1ccco1. The van der Waals surface area contributed by atoms with Crippen molar-refractivity contribution in [1.29, 1.82) is 0 Å². The molecule has 1 amide bonds. The molecule has 8 heteroatoms. The van der Waals surface area contributed by atoms with E-state index >= 15 is 0 Å². The molecule has 2 N–H and O–H groups in total. The number of benzene rings is 1. The maximum atomic E-state index is 12.7. The van der Waals surface area contributed by atoms with Crippen molar-refractivity contribution in [2.75, 3.05) is 6.54 Å². The molecule has 1 atom stereocenters. The van der Waals surface area contributed by atoms with Crippen LogP contribution >= 0.6 is 15.9 Å². The molecule has 0 unspecified atom stereocenters. The largest absolute Gasteiger partial charge is 0.468 e. The summed E-state index contributed by atoms with van der Waals surface area (Å²) in [6.45, 7) is 2.75. The average molecular weight is 471 g/mol. The molecule has 0 spiro atoms. The predicted molar refractivity (Wildman–Crippen MR) is 112 cm³/mol. The van der Waals surface area contributed by atoms with Crippen molar-refractivity contribution in [1.82, 2.24) is 10.0 Å². The quantitative estimate of drug-likeness (QED) is 0.445. The third kappa shape index (κ3) is 7.41. The van der Waals surface area contributed by atoms with E-state index in [1.54, 1.807) is 24.3 Å². The van der Waals surface area contributed by atoms with Gasteiger partial charge < -0.3 is 9.73 Å². The molecule has 0 fully saturated rings. The molecule has 1 heterocycles. The van der Waals surface area contributed by atoms with E-state index in [2.05, 4.69) is 32.9 Å². The van der Waals surface area contributed by atoms with E-state index in [4.69, 9.17) is 4.42 Å². The number of carbonyl (C=O) groups excluding carboxylic acids is 1. The standard InChI is InChI=1S/C20H27BrN2O4S/c1-2-3-4-5-6-13-22-20(24)15-18(19-8-7-14-27-19)23-28(25,26)17-11-9-16(21)10-12-17/h7-12,14,18,23H,2-6,13,15H2,1H3,(H,22,24)/t18-/m1/s1. The molecule has 28 heavy (non-hydrogen) atoms. The van der Waals surface area contributed by atoms with Crippen LogP contribution in [0.1, 0.15) is 57.3 Å². The molecule has 0 radical (unpaired) electrons. The molecule has 0 bridgehead atoms. The predicted octanol–water partition coefficient (Wildman–Crippen LogP) is 4.54. The number of rotatable bonds is 12. The Kier molecular flexibility index (Phi) is 9.21. The van der Waals surface area contributed by atoms with Gasteiger partial charge in [0.25, 0.3) is 0 Å². The highest BCUT2D eigenvalue weighted by Gasteiger charge is 2.25. The van der Waals surface area contributed by atoms with Crippen LogP contribution in [0.3, 0.4) is 0 Å². The summed E-state index contributed by atoms with van der Waals surface area (Å²) in [7, 11) is -3.79. The minimum absolute atomic E-state index is 0.0295. The Morgan fingerprint density at radius 1 is 1.11 bits per heavy atom. The molecular formula is C20H27BrN2O4S. The first kappa shape index (κ1) is 22.6. The summed E-state index contributed by atoms with van der Waals surface area (Å²) in [4.78, 5) is 12.4. The summed E-state index contributed by atoms with van der Waals surface area (Å²) in [6, 6.07) is 8.87. The third-order valence-electron chi connectivity index (χ3n) is 4.30. The van der Waals surface area contributed by atoms with Crippen molar-refractivity contribution in [2.45, 2.75) is 56.4 Å². The van der Waals surface area contributed by atoms with E-state index < -0.39 is 16.1 Å². The van der Waals surface area contributed by atoms with Crippen molar-refractivity contribution in [3.8, 4) is 0 Å². The molecule has 0 saturated heterocycles. The second-order valence-corrected chi connectivity index (χ2v) is 9.24. The number of hydrogen-bond donors (Lipinski definition) is 2. The average Bonchev–Trinajstić information content (AvgIpc) is 3.19. The third-order valence-corrected chi connectivity index (χ3v) is 6.32. The Balaban J connectivity index is 1.97. The van der Waals surface area contributed by atoms with Gasteiger partial charge in [0, 0.05) is 11.0 Å². The van der Waals surface area contributed by atoms with E-state index in [9.17, 15) is 13.2 Å². The molecule has 0 aliphatic heterocycles. The zero-order valence-corrected chi connectivity index (χ0v) is 18.4. The summed E-state index contributed by atoms with van der Waals surface area (Å²) in [5.74, 6) is 0.189. The molecule has 0 saturated carbocycles. The first-order chi connectivity index (χ1) is 13.4. The minimum atomic E-state index is -3.79. The van der Waals surface area contributed by atoms with Crippen molar-refractivity contribution in [3.63, 3.8) is 0 Å². The van der Waals surface area contributed by atoms with E-state index in [-0.39, 0.29) is 17.2 Å². The Hall–Kier alpha value is -1.64. The maximum Gasteiger partial charge on any atom is 0.241 e. The van der Waals surface area contributed by atoms with Gasteiger partial charge >= 0.3 is 0 Å². The van der Waals surface area contributed by atoms with E-state index in [0.717, 1.165) is 23.7 Å². The second kappa shape index (κ2) is 11.4. The summed E-state index contributed by atoms with van der Waals surface area (Å²) >= 11 is 3.29. The van der Waals surface area contributed by atoms with Crippen LogP contribution in [-0.4, -0.2) is 20.9 Å². The van der Waals surface area contributed by atoms with Crippen LogP contribution in [-0.2, 0) is 14.8 Å². The van der Waals surface area contributed by atoms with Crippen LogP contribution in [0.15, 0.2) is 56.4 Å². The molecule has 2 rings (SSSR count). The normalized spacial score (nSPS) is 12.6. The number of halogens is 1. The monoisotopic (exact) mass is 470 g/mol.